The molecule has 0 bridgehead atoms. The fourth-order valence-corrected chi connectivity index (χ4v) is 1.58. The summed E-state index contributed by atoms with van der Waals surface area (Å²) in [6, 6.07) is -0.182. The van der Waals surface area contributed by atoms with Gasteiger partial charge in [0.1, 0.15) is 0 Å². The minimum absolute atomic E-state index is 0.0383. The van der Waals surface area contributed by atoms with Gasteiger partial charge in [0.15, 0.2) is 5.82 Å². The third kappa shape index (κ3) is 2.04. The molecule has 1 saturated carbocycles. The normalized spacial score (nSPS) is 20.0. The second-order valence-corrected chi connectivity index (χ2v) is 5.46. The molecule has 0 unspecified atom stereocenters. The summed E-state index contributed by atoms with van der Waals surface area (Å²) in [6.07, 6.45) is 3.65. The van der Waals surface area contributed by atoms with E-state index >= 15 is 0 Å². The summed E-state index contributed by atoms with van der Waals surface area (Å²) in [7, 11) is 0. The first-order valence-electron chi connectivity index (χ1n) is 5.57. The van der Waals surface area contributed by atoms with Crippen LogP contribution in [0.5, 0.6) is 0 Å². The molecule has 1 aromatic rings. The average molecular weight is 209 g/mol. The van der Waals surface area contributed by atoms with Gasteiger partial charge in [0.2, 0.25) is 5.89 Å². The van der Waals surface area contributed by atoms with Gasteiger partial charge in [-0.2, -0.15) is 4.98 Å². The van der Waals surface area contributed by atoms with E-state index in [1.165, 1.54) is 19.3 Å². The van der Waals surface area contributed by atoms with Crippen LogP contribution in [-0.4, -0.2) is 10.1 Å². The Hall–Kier alpha value is -0.900. The van der Waals surface area contributed by atoms with Gasteiger partial charge in [0.05, 0.1) is 6.04 Å². The Bertz CT molecular complexity index is 336. The second kappa shape index (κ2) is 3.59. The van der Waals surface area contributed by atoms with Crippen LogP contribution in [0.4, 0.5) is 0 Å². The smallest absolute Gasteiger partial charge is 0.244 e. The predicted octanol–water partition coefficient (Wildman–Crippen LogP) is 2.38. The maximum absolute atomic E-state index is 6.05. The van der Waals surface area contributed by atoms with Crippen molar-refractivity contribution < 1.29 is 4.52 Å². The van der Waals surface area contributed by atoms with Crippen molar-refractivity contribution in [2.24, 2.45) is 11.1 Å². The molecular weight excluding hydrogens is 190 g/mol. The number of nitrogens with two attached hydrogens (primary N) is 1. The van der Waals surface area contributed by atoms with Crippen molar-refractivity contribution >= 4 is 0 Å². The molecule has 0 aromatic carbocycles. The van der Waals surface area contributed by atoms with Gasteiger partial charge in [-0.25, -0.2) is 0 Å². The van der Waals surface area contributed by atoms with Crippen LogP contribution < -0.4 is 5.73 Å². The first kappa shape index (κ1) is 10.6. The van der Waals surface area contributed by atoms with E-state index in [0.717, 1.165) is 5.82 Å². The van der Waals surface area contributed by atoms with E-state index in [1.807, 2.05) is 0 Å². The van der Waals surface area contributed by atoms with Gasteiger partial charge in [-0.05, 0) is 18.3 Å². The van der Waals surface area contributed by atoms with Crippen molar-refractivity contribution in [3.8, 4) is 0 Å². The van der Waals surface area contributed by atoms with Crippen LogP contribution in [0.15, 0.2) is 4.52 Å². The van der Waals surface area contributed by atoms with Gasteiger partial charge < -0.3 is 10.3 Å². The molecule has 1 aliphatic rings. The highest BCUT2D eigenvalue weighted by Crippen LogP contribution is 2.36. The standard InChI is InChI=1S/C11H19N3O/c1-11(2,3)8(12)10-13-9(14-15-10)7-5-4-6-7/h7-8H,4-6,12H2,1-3H3/t8-/m1/s1. The first-order valence-corrected chi connectivity index (χ1v) is 5.57. The molecule has 2 rings (SSSR count). The topological polar surface area (TPSA) is 64.9 Å². The molecule has 15 heavy (non-hydrogen) atoms. The number of nitrogens with zero attached hydrogens (tertiary/aromatic N) is 2. The van der Waals surface area contributed by atoms with E-state index in [4.69, 9.17) is 10.3 Å². The molecule has 0 aliphatic heterocycles. The zero-order chi connectivity index (χ0) is 11.1. The van der Waals surface area contributed by atoms with Crippen LogP contribution in [0.2, 0.25) is 0 Å². The lowest BCUT2D eigenvalue weighted by atomic mass is 9.85. The van der Waals surface area contributed by atoms with Gasteiger partial charge in [-0.3, -0.25) is 0 Å². The van der Waals surface area contributed by atoms with Crippen molar-refractivity contribution in [2.75, 3.05) is 0 Å². The zero-order valence-corrected chi connectivity index (χ0v) is 9.66. The summed E-state index contributed by atoms with van der Waals surface area (Å²) in [4.78, 5) is 4.40. The van der Waals surface area contributed by atoms with E-state index in [-0.39, 0.29) is 11.5 Å². The van der Waals surface area contributed by atoms with E-state index in [2.05, 4.69) is 30.9 Å². The summed E-state index contributed by atoms with van der Waals surface area (Å²) < 4.78 is 5.22. The van der Waals surface area contributed by atoms with Gasteiger partial charge in [-0.15, -0.1) is 0 Å². The minimum Gasteiger partial charge on any atom is -0.338 e. The predicted molar refractivity (Wildman–Crippen MR) is 57.3 cm³/mol. The highest BCUT2D eigenvalue weighted by atomic mass is 16.5. The van der Waals surface area contributed by atoms with Crippen molar-refractivity contribution in [1.82, 2.24) is 10.1 Å². The van der Waals surface area contributed by atoms with Crippen molar-refractivity contribution in [2.45, 2.75) is 52.0 Å². The Morgan fingerprint density at radius 1 is 1.40 bits per heavy atom. The second-order valence-electron chi connectivity index (χ2n) is 5.46. The van der Waals surface area contributed by atoms with Crippen LogP contribution in [0.1, 0.15) is 63.7 Å². The fourth-order valence-electron chi connectivity index (χ4n) is 1.58. The molecule has 1 aliphatic carbocycles. The summed E-state index contributed by atoms with van der Waals surface area (Å²) in [5.74, 6) is 1.93. The number of aromatic nitrogens is 2. The minimum atomic E-state index is -0.182. The molecule has 1 heterocycles. The van der Waals surface area contributed by atoms with Crippen LogP contribution in [0.25, 0.3) is 0 Å². The molecule has 0 saturated heterocycles. The molecule has 1 fully saturated rings. The lowest BCUT2D eigenvalue weighted by molar-refractivity contribution is 0.251. The maximum Gasteiger partial charge on any atom is 0.244 e. The van der Waals surface area contributed by atoms with E-state index in [0.29, 0.717) is 11.8 Å². The quantitative estimate of drug-likeness (QED) is 0.812. The largest absolute Gasteiger partial charge is 0.338 e. The van der Waals surface area contributed by atoms with Gasteiger partial charge in [0, 0.05) is 5.92 Å². The monoisotopic (exact) mass is 209 g/mol. The zero-order valence-electron chi connectivity index (χ0n) is 9.66. The summed E-state index contributed by atoms with van der Waals surface area (Å²) in [5, 5.41) is 4.01. The third-order valence-electron chi connectivity index (χ3n) is 3.13. The van der Waals surface area contributed by atoms with Gasteiger partial charge >= 0.3 is 0 Å². The van der Waals surface area contributed by atoms with Crippen LogP contribution in [0, 0.1) is 5.41 Å². The molecular formula is C11H19N3O. The highest BCUT2D eigenvalue weighted by Gasteiger charge is 2.30. The molecule has 0 spiro atoms. The SMILES string of the molecule is CC(C)(C)[C@H](N)c1nc(C2CCC2)no1. The Morgan fingerprint density at radius 3 is 2.53 bits per heavy atom. The molecule has 84 valence electrons. The lowest BCUT2D eigenvalue weighted by Crippen LogP contribution is -2.26. The Balaban J connectivity index is 2.12. The van der Waals surface area contributed by atoms with E-state index < -0.39 is 0 Å². The molecule has 2 N–H and O–H groups in total. The molecule has 0 amide bonds. The van der Waals surface area contributed by atoms with Crippen molar-refractivity contribution in [3.63, 3.8) is 0 Å². The Labute approximate surface area is 90.2 Å². The van der Waals surface area contributed by atoms with Gasteiger partial charge in [0.25, 0.3) is 0 Å². The van der Waals surface area contributed by atoms with Crippen LogP contribution in [-0.2, 0) is 0 Å². The lowest BCUT2D eigenvalue weighted by Gasteiger charge is -2.23. The Morgan fingerprint density at radius 2 is 2.07 bits per heavy atom. The van der Waals surface area contributed by atoms with Crippen molar-refractivity contribution in [1.29, 1.82) is 0 Å². The van der Waals surface area contributed by atoms with Gasteiger partial charge in [-0.1, -0.05) is 32.3 Å². The summed E-state index contributed by atoms with van der Waals surface area (Å²) in [6.45, 7) is 6.22. The fraction of sp³-hybridized carbons (Fsp3) is 0.818. The molecule has 4 heteroatoms. The van der Waals surface area contributed by atoms with E-state index in [1.54, 1.807) is 0 Å². The Kier molecular flexibility index (Phi) is 2.54. The number of rotatable bonds is 2. The van der Waals surface area contributed by atoms with E-state index in [9.17, 15) is 0 Å². The average Bonchev–Trinajstić information content (AvgIpc) is 2.47. The third-order valence-corrected chi connectivity index (χ3v) is 3.13. The number of hydrogen-bond donors (Lipinski definition) is 1. The van der Waals surface area contributed by atoms with Crippen molar-refractivity contribution in [3.05, 3.63) is 11.7 Å². The van der Waals surface area contributed by atoms with Crippen LogP contribution in [0.3, 0.4) is 0 Å². The van der Waals surface area contributed by atoms with Crippen LogP contribution >= 0.6 is 0 Å². The first-order chi connectivity index (χ1) is 6.98. The molecule has 1 aromatic heterocycles. The number of hydrogen-bond acceptors (Lipinski definition) is 4. The summed E-state index contributed by atoms with van der Waals surface area (Å²) in [5.41, 5.74) is 6.01. The maximum atomic E-state index is 6.05. The molecule has 4 nitrogen and oxygen atoms in total. The summed E-state index contributed by atoms with van der Waals surface area (Å²) >= 11 is 0. The highest BCUT2D eigenvalue weighted by molar-refractivity contribution is 5.03. The molecule has 1 atom stereocenters. The molecule has 0 radical (unpaired) electrons.